The SMILES string of the molecule is CC(=O)c1ccc(CC(=O)Nc2cccnc2Oc2cccc(C#N)c2)cc1. The van der Waals surface area contributed by atoms with Crippen LogP contribution in [0.2, 0.25) is 0 Å². The highest BCUT2D eigenvalue weighted by atomic mass is 16.5. The average molecular weight is 371 g/mol. The van der Waals surface area contributed by atoms with Gasteiger partial charge in [0.05, 0.1) is 18.1 Å². The maximum absolute atomic E-state index is 12.4. The van der Waals surface area contributed by atoms with E-state index >= 15 is 0 Å². The third-order valence-electron chi connectivity index (χ3n) is 3.95. The van der Waals surface area contributed by atoms with Gasteiger partial charge in [0.2, 0.25) is 11.8 Å². The van der Waals surface area contributed by atoms with E-state index in [0.717, 1.165) is 5.56 Å². The number of aromatic nitrogens is 1. The number of hydrogen-bond donors (Lipinski definition) is 1. The molecule has 6 heteroatoms. The zero-order valence-corrected chi connectivity index (χ0v) is 15.2. The molecule has 0 aliphatic carbocycles. The lowest BCUT2D eigenvalue weighted by Crippen LogP contribution is -2.15. The van der Waals surface area contributed by atoms with Crippen LogP contribution in [0, 0.1) is 11.3 Å². The molecule has 0 saturated carbocycles. The van der Waals surface area contributed by atoms with Gasteiger partial charge in [-0.1, -0.05) is 30.3 Å². The van der Waals surface area contributed by atoms with Gasteiger partial charge in [-0.15, -0.1) is 0 Å². The predicted octanol–water partition coefficient (Wildman–Crippen LogP) is 4.13. The van der Waals surface area contributed by atoms with Crippen molar-refractivity contribution in [3.8, 4) is 17.7 Å². The van der Waals surface area contributed by atoms with Crippen LogP contribution in [0.5, 0.6) is 11.6 Å². The van der Waals surface area contributed by atoms with Crippen LogP contribution in [0.1, 0.15) is 28.4 Å². The largest absolute Gasteiger partial charge is 0.437 e. The molecule has 0 saturated heterocycles. The molecule has 138 valence electrons. The molecule has 1 N–H and O–H groups in total. The lowest BCUT2D eigenvalue weighted by atomic mass is 10.1. The van der Waals surface area contributed by atoms with Crippen LogP contribution in [-0.4, -0.2) is 16.7 Å². The zero-order chi connectivity index (χ0) is 19.9. The van der Waals surface area contributed by atoms with Crippen molar-refractivity contribution in [1.29, 1.82) is 5.26 Å². The molecule has 0 atom stereocenters. The molecule has 0 aliphatic heterocycles. The van der Waals surface area contributed by atoms with Crippen LogP contribution >= 0.6 is 0 Å². The quantitative estimate of drug-likeness (QED) is 0.658. The number of ether oxygens (including phenoxy) is 1. The van der Waals surface area contributed by atoms with Gasteiger partial charge < -0.3 is 10.1 Å². The van der Waals surface area contributed by atoms with Crippen LogP contribution in [-0.2, 0) is 11.2 Å². The van der Waals surface area contributed by atoms with E-state index in [0.29, 0.717) is 22.6 Å². The van der Waals surface area contributed by atoms with Crippen LogP contribution in [0.3, 0.4) is 0 Å². The molecule has 2 aromatic carbocycles. The molecule has 1 heterocycles. The van der Waals surface area contributed by atoms with E-state index in [-0.39, 0.29) is 24.0 Å². The normalized spacial score (nSPS) is 10.0. The van der Waals surface area contributed by atoms with Crippen LogP contribution in [0.15, 0.2) is 66.9 Å². The Morgan fingerprint density at radius 3 is 2.61 bits per heavy atom. The second-order valence-corrected chi connectivity index (χ2v) is 6.08. The summed E-state index contributed by atoms with van der Waals surface area (Å²) < 4.78 is 5.73. The van der Waals surface area contributed by atoms with Crippen molar-refractivity contribution in [1.82, 2.24) is 4.98 Å². The van der Waals surface area contributed by atoms with Gasteiger partial charge in [-0.25, -0.2) is 4.98 Å². The Labute approximate surface area is 162 Å². The summed E-state index contributed by atoms with van der Waals surface area (Å²) in [6.07, 6.45) is 1.70. The Morgan fingerprint density at radius 2 is 1.89 bits per heavy atom. The first kappa shape index (κ1) is 18.8. The minimum Gasteiger partial charge on any atom is -0.437 e. The lowest BCUT2D eigenvalue weighted by molar-refractivity contribution is -0.115. The Hall–Kier alpha value is -3.98. The molecule has 0 fully saturated rings. The van der Waals surface area contributed by atoms with E-state index in [2.05, 4.69) is 10.3 Å². The summed E-state index contributed by atoms with van der Waals surface area (Å²) in [7, 11) is 0. The molecule has 0 bridgehead atoms. The van der Waals surface area contributed by atoms with Crippen LogP contribution < -0.4 is 10.1 Å². The molecule has 28 heavy (non-hydrogen) atoms. The molecule has 0 spiro atoms. The Bertz CT molecular complexity index is 1050. The molecule has 0 unspecified atom stereocenters. The smallest absolute Gasteiger partial charge is 0.243 e. The number of carbonyl (C=O) groups is 2. The highest BCUT2D eigenvalue weighted by Crippen LogP contribution is 2.27. The maximum atomic E-state index is 12.4. The number of pyridine rings is 1. The lowest BCUT2D eigenvalue weighted by Gasteiger charge is -2.11. The number of anilines is 1. The van der Waals surface area contributed by atoms with Gasteiger partial charge in [0.25, 0.3) is 0 Å². The molecule has 0 radical (unpaired) electrons. The summed E-state index contributed by atoms with van der Waals surface area (Å²) in [4.78, 5) is 27.9. The van der Waals surface area contributed by atoms with Crippen LogP contribution in [0.4, 0.5) is 5.69 Å². The van der Waals surface area contributed by atoms with E-state index in [1.807, 2.05) is 6.07 Å². The fraction of sp³-hybridized carbons (Fsp3) is 0.0909. The van der Waals surface area contributed by atoms with E-state index in [9.17, 15) is 9.59 Å². The van der Waals surface area contributed by atoms with E-state index < -0.39 is 0 Å². The molecule has 6 nitrogen and oxygen atoms in total. The molecule has 3 aromatic rings. The fourth-order valence-electron chi connectivity index (χ4n) is 2.55. The van der Waals surface area contributed by atoms with Gasteiger partial charge in [0, 0.05) is 11.8 Å². The number of rotatable bonds is 6. The van der Waals surface area contributed by atoms with Gasteiger partial charge in [-0.05, 0) is 42.8 Å². The second-order valence-electron chi connectivity index (χ2n) is 6.08. The third-order valence-corrected chi connectivity index (χ3v) is 3.95. The van der Waals surface area contributed by atoms with Crippen molar-refractivity contribution in [3.05, 3.63) is 83.6 Å². The number of ketones is 1. The zero-order valence-electron chi connectivity index (χ0n) is 15.2. The fourth-order valence-corrected chi connectivity index (χ4v) is 2.55. The molecule has 1 amide bonds. The topological polar surface area (TPSA) is 92.1 Å². The Morgan fingerprint density at radius 1 is 1.11 bits per heavy atom. The second kappa shape index (κ2) is 8.60. The third kappa shape index (κ3) is 4.80. The molecular formula is C22H17N3O3. The van der Waals surface area contributed by atoms with E-state index in [4.69, 9.17) is 10.00 Å². The predicted molar refractivity (Wildman–Crippen MR) is 104 cm³/mol. The summed E-state index contributed by atoms with van der Waals surface area (Å²) in [6, 6.07) is 19.0. The van der Waals surface area contributed by atoms with Crippen molar-refractivity contribution in [3.63, 3.8) is 0 Å². The van der Waals surface area contributed by atoms with E-state index in [1.165, 1.54) is 6.92 Å². The number of nitrogens with one attached hydrogen (secondary N) is 1. The molecule has 0 aliphatic rings. The first-order valence-corrected chi connectivity index (χ1v) is 8.58. The Kier molecular flexibility index (Phi) is 5.78. The van der Waals surface area contributed by atoms with Crippen molar-refractivity contribution in [2.45, 2.75) is 13.3 Å². The first-order valence-electron chi connectivity index (χ1n) is 8.58. The number of nitrogens with zero attached hydrogens (tertiary/aromatic N) is 2. The van der Waals surface area contributed by atoms with Gasteiger partial charge in [-0.2, -0.15) is 5.26 Å². The summed E-state index contributed by atoms with van der Waals surface area (Å²) in [5.74, 6) is 0.429. The average Bonchev–Trinajstić information content (AvgIpc) is 2.70. The summed E-state index contributed by atoms with van der Waals surface area (Å²) in [5, 5.41) is 11.8. The number of amides is 1. The number of Topliss-reactive ketones (excluding diaryl/α,β-unsaturated/α-hetero) is 1. The minimum absolute atomic E-state index is 0.0198. The molecular weight excluding hydrogens is 354 g/mol. The number of nitriles is 1. The van der Waals surface area contributed by atoms with E-state index in [1.54, 1.807) is 66.9 Å². The summed E-state index contributed by atoms with van der Waals surface area (Å²) in [5.41, 5.74) is 2.28. The van der Waals surface area contributed by atoms with Gasteiger partial charge in [-0.3, -0.25) is 9.59 Å². The number of carbonyl (C=O) groups excluding carboxylic acids is 2. The van der Waals surface area contributed by atoms with Gasteiger partial charge in [0.1, 0.15) is 11.4 Å². The number of benzene rings is 2. The highest BCUT2D eigenvalue weighted by molar-refractivity contribution is 5.95. The summed E-state index contributed by atoms with van der Waals surface area (Å²) >= 11 is 0. The number of hydrogen-bond acceptors (Lipinski definition) is 5. The first-order chi connectivity index (χ1) is 13.5. The highest BCUT2D eigenvalue weighted by Gasteiger charge is 2.11. The molecule has 1 aromatic heterocycles. The Balaban J connectivity index is 1.71. The van der Waals surface area contributed by atoms with Gasteiger partial charge >= 0.3 is 0 Å². The van der Waals surface area contributed by atoms with Gasteiger partial charge in [0.15, 0.2) is 5.78 Å². The van der Waals surface area contributed by atoms with Crippen molar-refractivity contribution in [2.24, 2.45) is 0 Å². The maximum Gasteiger partial charge on any atom is 0.243 e. The van der Waals surface area contributed by atoms with Crippen molar-refractivity contribution < 1.29 is 14.3 Å². The standard InChI is InChI=1S/C22H17N3O3/c1-15(26)18-9-7-16(8-10-18)13-21(27)25-20-6-3-11-24-22(20)28-19-5-2-4-17(12-19)14-23/h2-12H,13H2,1H3,(H,25,27). The van der Waals surface area contributed by atoms with Crippen LogP contribution in [0.25, 0.3) is 0 Å². The monoisotopic (exact) mass is 371 g/mol. The molecule has 3 rings (SSSR count). The minimum atomic E-state index is -0.237. The van der Waals surface area contributed by atoms with Crippen molar-refractivity contribution in [2.75, 3.05) is 5.32 Å². The summed E-state index contributed by atoms with van der Waals surface area (Å²) in [6.45, 7) is 1.50. The van der Waals surface area contributed by atoms with Crippen molar-refractivity contribution >= 4 is 17.4 Å².